The summed E-state index contributed by atoms with van der Waals surface area (Å²) in [7, 11) is -2.62. The summed E-state index contributed by atoms with van der Waals surface area (Å²) in [5.41, 5.74) is 0. The van der Waals surface area contributed by atoms with Gasteiger partial charge in [-0.3, -0.25) is 0 Å². The SMILES string of the molecule is OP(O)O.[Na+]. The van der Waals surface area contributed by atoms with Gasteiger partial charge in [-0.2, -0.15) is 0 Å². The Labute approximate surface area is 52.9 Å². The summed E-state index contributed by atoms with van der Waals surface area (Å²) < 4.78 is 0. The quantitative estimate of drug-likeness (QED) is 0.218. The fourth-order valence-electron chi connectivity index (χ4n) is 0. The van der Waals surface area contributed by atoms with Crippen LogP contribution < -0.4 is 29.6 Å². The van der Waals surface area contributed by atoms with Gasteiger partial charge < -0.3 is 14.7 Å². The number of hydrogen-bond donors (Lipinski definition) is 3. The Bertz CT molecular complexity index is 11.6. The molecule has 0 atom stereocenters. The summed E-state index contributed by atoms with van der Waals surface area (Å²) in [5.74, 6) is 0. The Morgan fingerprint density at radius 2 is 1.00 bits per heavy atom. The van der Waals surface area contributed by atoms with Crippen LogP contribution in [0.1, 0.15) is 0 Å². The van der Waals surface area contributed by atoms with E-state index in [0.29, 0.717) is 0 Å². The standard InChI is InChI=1S/Na.H3O3P/c;1-4(2)3/h;1-3H/q+1;. The van der Waals surface area contributed by atoms with E-state index in [1.807, 2.05) is 0 Å². The summed E-state index contributed by atoms with van der Waals surface area (Å²) in [4.78, 5) is 21.7. The Morgan fingerprint density at radius 1 is 1.00 bits per heavy atom. The first-order valence-electron chi connectivity index (χ1n) is 0.600. The van der Waals surface area contributed by atoms with Crippen LogP contribution in [-0.4, -0.2) is 14.7 Å². The van der Waals surface area contributed by atoms with Gasteiger partial charge in [-0.05, 0) is 0 Å². The van der Waals surface area contributed by atoms with Crippen molar-refractivity contribution in [3.63, 3.8) is 0 Å². The van der Waals surface area contributed by atoms with Crippen molar-refractivity contribution >= 4 is 8.60 Å². The molecule has 0 radical (unpaired) electrons. The average Bonchev–Trinajstić information content (AvgIpc) is 0.811. The second-order valence-electron chi connectivity index (χ2n) is 0.268. The van der Waals surface area contributed by atoms with E-state index in [9.17, 15) is 0 Å². The third kappa shape index (κ3) is 33.9. The molecule has 0 aromatic carbocycles. The van der Waals surface area contributed by atoms with Crippen LogP contribution in [0.5, 0.6) is 0 Å². The van der Waals surface area contributed by atoms with Gasteiger partial charge in [0.2, 0.25) is 0 Å². The molecule has 26 valence electrons. The Morgan fingerprint density at radius 3 is 1.00 bits per heavy atom. The van der Waals surface area contributed by atoms with Gasteiger partial charge in [0.1, 0.15) is 0 Å². The summed E-state index contributed by atoms with van der Waals surface area (Å²) in [5, 5.41) is 0. The van der Waals surface area contributed by atoms with Crippen LogP contribution >= 0.6 is 8.60 Å². The van der Waals surface area contributed by atoms with Crippen molar-refractivity contribution in [1.29, 1.82) is 0 Å². The van der Waals surface area contributed by atoms with E-state index in [1.54, 1.807) is 0 Å². The average molecular weight is 105 g/mol. The largest absolute Gasteiger partial charge is 1.00 e. The van der Waals surface area contributed by atoms with Gasteiger partial charge in [0.05, 0.1) is 0 Å². The molecule has 0 aliphatic rings. The van der Waals surface area contributed by atoms with Crippen LogP contribution in [0.3, 0.4) is 0 Å². The van der Waals surface area contributed by atoms with Crippen molar-refractivity contribution in [2.24, 2.45) is 0 Å². The van der Waals surface area contributed by atoms with Gasteiger partial charge in [0, 0.05) is 0 Å². The van der Waals surface area contributed by atoms with Gasteiger partial charge in [-0.15, -0.1) is 0 Å². The minimum Gasteiger partial charge on any atom is -0.328 e. The first-order valence-corrected chi connectivity index (χ1v) is 1.80. The minimum absolute atomic E-state index is 0. The van der Waals surface area contributed by atoms with E-state index < -0.39 is 8.60 Å². The molecule has 0 aromatic rings. The van der Waals surface area contributed by atoms with Gasteiger partial charge in [-0.1, -0.05) is 0 Å². The molecule has 0 unspecified atom stereocenters. The molecular weight excluding hydrogens is 102 g/mol. The van der Waals surface area contributed by atoms with Gasteiger partial charge >= 0.3 is 38.2 Å². The van der Waals surface area contributed by atoms with Crippen molar-refractivity contribution in [2.75, 3.05) is 0 Å². The van der Waals surface area contributed by atoms with Crippen LogP contribution in [0.15, 0.2) is 0 Å². The van der Waals surface area contributed by atoms with Crippen molar-refractivity contribution in [2.45, 2.75) is 0 Å². The number of rotatable bonds is 0. The Kier molecular flexibility index (Phi) is 10.2. The Balaban J connectivity index is 0. The van der Waals surface area contributed by atoms with Crippen LogP contribution in [0.4, 0.5) is 0 Å². The van der Waals surface area contributed by atoms with E-state index in [4.69, 9.17) is 14.7 Å². The van der Waals surface area contributed by atoms with Crippen molar-refractivity contribution in [3.05, 3.63) is 0 Å². The summed E-state index contributed by atoms with van der Waals surface area (Å²) in [6.45, 7) is 0. The smallest absolute Gasteiger partial charge is 0.328 e. The first kappa shape index (κ1) is 9.58. The normalized spacial score (nSPS) is 7.20. The van der Waals surface area contributed by atoms with Crippen LogP contribution in [0, 0.1) is 0 Å². The molecule has 0 aliphatic carbocycles. The molecule has 0 saturated heterocycles. The van der Waals surface area contributed by atoms with E-state index in [-0.39, 0.29) is 29.6 Å². The maximum atomic E-state index is 7.23. The number of hydrogen-bond acceptors (Lipinski definition) is 3. The molecule has 0 saturated carbocycles. The minimum atomic E-state index is -2.62. The zero-order valence-electron chi connectivity index (χ0n) is 2.79. The topological polar surface area (TPSA) is 60.7 Å². The molecule has 0 rings (SSSR count). The summed E-state index contributed by atoms with van der Waals surface area (Å²) >= 11 is 0. The van der Waals surface area contributed by atoms with Crippen molar-refractivity contribution < 1.29 is 44.2 Å². The maximum Gasteiger partial charge on any atom is 1.00 e. The fraction of sp³-hybridized carbons (Fsp3) is 0. The first-order chi connectivity index (χ1) is 1.73. The predicted octanol–water partition coefficient (Wildman–Crippen LogP) is -3.81. The summed E-state index contributed by atoms with van der Waals surface area (Å²) in [6, 6.07) is 0. The van der Waals surface area contributed by atoms with E-state index >= 15 is 0 Å². The molecule has 0 fully saturated rings. The Hall–Kier alpha value is 1.31. The summed E-state index contributed by atoms with van der Waals surface area (Å²) in [6.07, 6.45) is 0. The van der Waals surface area contributed by atoms with Crippen LogP contribution in [0.25, 0.3) is 0 Å². The van der Waals surface area contributed by atoms with E-state index in [1.165, 1.54) is 0 Å². The monoisotopic (exact) mass is 105 g/mol. The molecule has 0 amide bonds. The van der Waals surface area contributed by atoms with Crippen molar-refractivity contribution in [3.8, 4) is 0 Å². The van der Waals surface area contributed by atoms with Crippen LogP contribution in [0.2, 0.25) is 0 Å². The second kappa shape index (κ2) is 5.31. The van der Waals surface area contributed by atoms with Crippen molar-refractivity contribution in [1.82, 2.24) is 0 Å². The molecular formula is H3NaO3P+. The van der Waals surface area contributed by atoms with Gasteiger partial charge in [-0.25, -0.2) is 0 Å². The fourth-order valence-corrected chi connectivity index (χ4v) is 0. The molecule has 0 aliphatic heterocycles. The van der Waals surface area contributed by atoms with E-state index in [0.717, 1.165) is 0 Å². The van der Waals surface area contributed by atoms with Gasteiger partial charge in [0.25, 0.3) is 0 Å². The molecule has 3 N–H and O–H groups in total. The zero-order valence-corrected chi connectivity index (χ0v) is 5.68. The predicted molar refractivity (Wildman–Crippen MR) is 13.6 cm³/mol. The molecule has 0 heterocycles. The maximum absolute atomic E-state index is 7.23. The molecule has 5 heavy (non-hydrogen) atoms. The third-order valence-electron chi connectivity index (χ3n) is 0. The second-order valence-corrected chi connectivity index (χ2v) is 0.805. The zero-order chi connectivity index (χ0) is 3.58. The molecule has 0 aromatic heterocycles. The molecule has 5 heteroatoms. The van der Waals surface area contributed by atoms with Crippen LogP contribution in [-0.2, 0) is 0 Å². The molecule has 0 spiro atoms. The molecule has 0 bridgehead atoms. The van der Waals surface area contributed by atoms with Gasteiger partial charge in [0.15, 0.2) is 0 Å². The third-order valence-corrected chi connectivity index (χ3v) is 0. The molecule has 3 nitrogen and oxygen atoms in total. The van der Waals surface area contributed by atoms with E-state index in [2.05, 4.69) is 0 Å².